The monoisotopic (exact) mass is 268 g/mol. The molecular formula is C14H20O3S. The Morgan fingerprint density at radius 3 is 2.61 bits per heavy atom. The summed E-state index contributed by atoms with van der Waals surface area (Å²) in [6, 6.07) is 6.64. The molecule has 18 heavy (non-hydrogen) atoms. The minimum Gasteiger partial charge on any atom is -0.282 e. The first-order chi connectivity index (χ1) is 8.50. The number of hydrogen-bond donors (Lipinski definition) is 1. The molecule has 0 amide bonds. The van der Waals surface area contributed by atoms with Crippen LogP contribution < -0.4 is 0 Å². The fourth-order valence-corrected chi connectivity index (χ4v) is 2.89. The zero-order valence-corrected chi connectivity index (χ0v) is 11.5. The lowest BCUT2D eigenvalue weighted by molar-refractivity contribution is 0.479. The SMILES string of the molecule is C=CCC(CCCC)c1ccccc1S(=O)(=O)O. The first kappa shape index (κ1) is 14.9. The summed E-state index contributed by atoms with van der Waals surface area (Å²) in [5.41, 5.74) is 0.688. The van der Waals surface area contributed by atoms with Crippen molar-refractivity contribution in [2.24, 2.45) is 0 Å². The van der Waals surface area contributed by atoms with E-state index in [0.29, 0.717) is 12.0 Å². The van der Waals surface area contributed by atoms with E-state index < -0.39 is 10.1 Å². The molecule has 0 heterocycles. The van der Waals surface area contributed by atoms with Crippen molar-refractivity contribution >= 4 is 10.1 Å². The Balaban J connectivity index is 3.15. The number of allylic oxidation sites excluding steroid dienone is 1. The van der Waals surface area contributed by atoms with Crippen molar-refractivity contribution in [3.05, 3.63) is 42.5 Å². The van der Waals surface area contributed by atoms with E-state index in [1.165, 1.54) is 6.07 Å². The Hall–Kier alpha value is -1.13. The second-order valence-electron chi connectivity index (χ2n) is 4.38. The number of hydrogen-bond acceptors (Lipinski definition) is 2. The Morgan fingerprint density at radius 2 is 2.06 bits per heavy atom. The summed E-state index contributed by atoms with van der Waals surface area (Å²) in [6.07, 6.45) is 5.49. The van der Waals surface area contributed by atoms with E-state index in [-0.39, 0.29) is 10.8 Å². The highest BCUT2D eigenvalue weighted by Crippen LogP contribution is 2.30. The van der Waals surface area contributed by atoms with E-state index in [2.05, 4.69) is 13.5 Å². The molecule has 0 bridgehead atoms. The van der Waals surface area contributed by atoms with Crippen molar-refractivity contribution in [1.82, 2.24) is 0 Å². The fourth-order valence-electron chi connectivity index (χ4n) is 2.10. The standard InChI is InChI=1S/C14H20O3S/c1-3-5-9-12(8-4-2)13-10-6-7-11-14(13)18(15,16)17/h4,6-7,10-12H,2-3,5,8-9H2,1H3,(H,15,16,17). The number of rotatable bonds is 7. The van der Waals surface area contributed by atoms with Gasteiger partial charge in [0.2, 0.25) is 0 Å². The van der Waals surface area contributed by atoms with Crippen LogP contribution in [0.15, 0.2) is 41.8 Å². The highest BCUT2D eigenvalue weighted by molar-refractivity contribution is 7.85. The Kier molecular flexibility index (Phi) is 5.56. The largest absolute Gasteiger partial charge is 0.294 e. The number of unbranched alkanes of at least 4 members (excludes halogenated alkanes) is 1. The summed E-state index contributed by atoms with van der Waals surface area (Å²) in [7, 11) is -4.16. The van der Waals surface area contributed by atoms with Crippen LogP contribution in [0, 0.1) is 0 Å². The molecule has 1 atom stereocenters. The molecule has 100 valence electrons. The second kappa shape index (κ2) is 6.71. The van der Waals surface area contributed by atoms with Gasteiger partial charge in [0.15, 0.2) is 0 Å². The van der Waals surface area contributed by atoms with Crippen molar-refractivity contribution in [3.8, 4) is 0 Å². The molecule has 1 N–H and O–H groups in total. The molecule has 0 aliphatic carbocycles. The van der Waals surface area contributed by atoms with Crippen molar-refractivity contribution in [2.75, 3.05) is 0 Å². The van der Waals surface area contributed by atoms with Crippen LogP contribution in [-0.2, 0) is 10.1 Å². The highest BCUT2D eigenvalue weighted by atomic mass is 32.2. The van der Waals surface area contributed by atoms with Crippen LogP contribution in [-0.4, -0.2) is 13.0 Å². The molecule has 0 radical (unpaired) electrons. The van der Waals surface area contributed by atoms with Gasteiger partial charge in [0.25, 0.3) is 10.1 Å². The van der Waals surface area contributed by atoms with Gasteiger partial charge in [-0.2, -0.15) is 8.42 Å². The zero-order valence-electron chi connectivity index (χ0n) is 10.7. The van der Waals surface area contributed by atoms with Gasteiger partial charge in [-0.05, 0) is 30.4 Å². The Labute approximate surface area is 109 Å². The van der Waals surface area contributed by atoms with Crippen LogP contribution in [0.1, 0.15) is 44.1 Å². The van der Waals surface area contributed by atoms with Crippen molar-refractivity contribution in [2.45, 2.75) is 43.4 Å². The molecule has 0 saturated heterocycles. The molecule has 1 unspecified atom stereocenters. The second-order valence-corrected chi connectivity index (χ2v) is 5.77. The zero-order chi connectivity index (χ0) is 13.6. The fraction of sp³-hybridized carbons (Fsp3) is 0.429. The average molecular weight is 268 g/mol. The predicted molar refractivity (Wildman–Crippen MR) is 73.3 cm³/mol. The van der Waals surface area contributed by atoms with E-state index in [9.17, 15) is 13.0 Å². The maximum atomic E-state index is 11.4. The third kappa shape index (κ3) is 3.96. The van der Waals surface area contributed by atoms with Crippen LogP contribution in [0.3, 0.4) is 0 Å². The molecule has 0 aromatic heterocycles. The van der Waals surface area contributed by atoms with Crippen molar-refractivity contribution < 1.29 is 13.0 Å². The summed E-state index contributed by atoms with van der Waals surface area (Å²) < 4.78 is 32.0. The summed E-state index contributed by atoms with van der Waals surface area (Å²) in [4.78, 5) is 0.0213. The van der Waals surface area contributed by atoms with Gasteiger partial charge in [-0.15, -0.1) is 6.58 Å². The molecule has 1 aromatic carbocycles. The molecule has 1 rings (SSSR count). The topological polar surface area (TPSA) is 54.4 Å². The van der Waals surface area contributed by atoms with E-state index in [1.807, 2.05) is 0 Å². The van der Waals surface area contributed by atoms with Crippen LogP contribution >= 0.6 is 0 Å². The molecule has 3 nitrogen and oxygen atoms in total. The summed E-state index contributed by atoms with van der Waals surface area (Å²) >= 11 is 0. The molecule has 1 aromatic rings. The minimum absolute atomic E-state index is 0.0213. The molecular weight excluding hydrogens is 248 g/mol. The molecule has 0 fully saturated rings. The maximum absolute atomic E-state index is 11.4. The first-order valence-corrected chi connectivity index (χ1v) is 7.62. The number of benzene rings is 1. The van der Waals surface area contributed by atoms with Gasteiger partial charge in [0, 0.05) is 0 Å². The normalized spacial score (nSPS) is 13.2. The summed E-state index contributed by atoms with van der Waals surface area (Å²) in [6.45, 7) is 5.81. The van der Waals surface area contributed by atoms with Crippen molar-refractivity contribution in [1.29, 1.82) is 0 Å². The first-order valence-electron chi connectivity index (χ1n) is 6.18. The van der Waals surface area contributed by atoms with Gasteiger partial charge in [0.1, 0.15) is 0 Å². The Morgan fingerprint density at radius 1 is 1.39 bits per heavy atom. The minimum atomic E-state index is -4.16. The lowest BCUT2D eigenvalue weighted by Gasteiger charge is -2.17. The molecule has 0 aliphatic heterocycles. The van der Waals surface area contributed by atoms with E-state index in [1.54, 1.807) is 24.3 Å². The van der Waals surface area contributed by atoms with Gasteiger partial charge in [-0.3, -0.25) is 4.55 Å². The van der Waals surface area contributed by atoms with E-state index in [0.717, 1.165) is 19.3 Å². The average Bonchev–Trinajstić information content (AvgIpc) is 2.33. The van der Waals surface area contributed by atoms with Crippen LogP contribution in [0.2, 0.25) is 0 Å². The molecule has 4 heteroatoms. The lowest BCUT2D eigenvalue weighted by Crippen LogP contribution is -2.07. The molecule has 0 aliphatic rings. The van der Waals surface area contributed by atoms with Crippen LogP contribution in [0.5, 0.6) is 0 Å². The molecule has 0 saturated carbocycles. The maximum Gasteiger partial charge on any atom is 0.294 e. The van der Waals surface area contributed by atoms with Gasteiger partial charge >= 0.3 is 0 Å². The smallest absolute Gasteiger partial charge is 0.282 e. The Bertz CT molecular complexity index is 492. The highest BCUT2D eigenvalue weighted by Gasteiger charge is 2.20. The van der Waals surface area contributed by atoms with E-state index >= 15 is 0 Å². The lowest BCUT2D eigenvalue weighted by atomic mass is 9.91. The summed E-state index contributed by atoms with van der Waals surface area (Å²) in [5, 5.41) is 0. The molecule has 0 spiro atoms. The van der Waals surface area contributed by atoms with Crippen molar-refractivity contribution in [3.63, 3.8) is 0 Å². The van der Waals surface area contributed by atoms with Gasteiger partial charge in [-0.1, -0.05) is 44.0 Å². The quantitative estimate of drug-likeness (QED) is 0.604. The van der Waals surface area contributed by atoms with Gasteiger partial charge < -0.3 is 0 Å². The van der Waals surface area contributed by atoms with Crippen LogP contribution in [0.25, 0.3) is 0 Å². The van der Waals surface area contributed by atoms with E-state index in [4.69, 9.17) is 0 Å². The van der Waals surface area contributed by atoms with Gasteiger partial charge in [-0.25, -0.2) is 0 Å². The van der Waals surface area contributed by atoms with Gasteiger partial charge in [0.05, 0.1) is 4.90 Å². The summed E-state index contributed by atoms with van der Waals surface area (Å²) in [5.74, 6) is 0.0978. The predicted octanol–water partition coefficient (Wildman–Crippen LogP) is 3.78. The van der Waals surface area contributed by atoms with Crippen LogP contribution in [0.4, 0.5) is 0 Å². The third-order valence-electron chi connectivity index (χ3n) is 2.99. The third-order valence-corrected chi connectivity index (χ3v) is 3.92.